The number of hydrazine groups is 1. The highest BCUT2D eigenvalue weighted by Gasteiger charge is 2.64. The van der Waals surface area contributed by atoms with E-state index in [0.717, 1.165) is 17.9 Å². The number of nitrogens with one attached hydrogen (secondary N) is 2. The summed E-state index contributed by atoms with van der Waals surface area (Å²) >= 11 is 0. The zero-order valence-electron chi connectivity index (χ0n) is 11.8. The first-order valence-electron chi connectivity index (χ1n) is 6.35. The summed E-state index contributed by atoms with van der Waals surface area (Å²) in [5.41, 5.74) is 4.27. The molecule has 5 heteroatoms. The van der Waals surface area contributed by atoms with Gasteiger partial charge in [-0.2, -0.15) is 4.98 Å². The van der Waals surface area contributed by atoms with Crippen molar-refractivity contribution in [3.8, 4) is 0 Å². The number of anilines is 2. The molecule has 4 N–H and O–H groups in total. The lowest BCUT2D eigenvalue weighted by atomic mass is 10.0. The standard InChI is InChI=1S/C13H23N5/c1-8-6-16-11(18-14)17-10(8)15-7-9-12(2,3)13(9,4)5/h6,9H,7,14H2,1-5H3,(H2,15,16,17,18). The number of hydrogen-bond acceptors (Lipinski definition) is 5. The molecule has 5 nitrogen and oxygen atoms in total. The lowest BCUT2D eigenvalue weighted by Gasteiger charge is -2.10. The molecular weight excluding hydrogens is 226 g/mol. The summed E-state index contributed by atoms with van der Waals surface area (Å²) in [4.78, 5) is 8.40. The van der Waals surface area contributed by atoms with Crippen molar-refractivity contribution < 1.29 is 0 Å². The molecule has 0 atom stereocenters. The van der Waals surface area contributed by atoms with Crippen molar-refractivity contribution in [3.63, 3.8) is 0 Å². The van der Waals surface area contributed by atoms with Crippen molar-refractivity contribution in [1.82, 2.24) is 9.97 Å². The summed E-state index contributed by atoms with van der Waals surface area (Å²) in [6, 6.07) is 0. The third-order valence-electron chi connectivity index (χ3n) is 4.89. The molecule has 2 rings (SSSR count). The number of nitrogens with two attached hydrogens (primary N) is 1. The van der Waals surface area contributed by atoms with Gasteiger partial charge in [0.15, 0.2) is 0 Å². The molecule has 0 aromatic carbocycles. The minimum absolute atomic E-state index is 0.385. The average molecular weight is 249 g/mol. The zero-order chi connectivity index (χ0) is 13.6. The molecule has 0 radical (unpaired) electrons. The van der Waals surface area contributed by atoms with E-state index in [1.165, 1.54) is 0 Å². The molecule has 0 bridgehead atoms. The first-order chi connectivity index (χ1) is 8.30. The van der Waals surface area contributed by atoms with Gasteiger partial charge in [-0.25, -0.2) is 10.8 Å². The highest BCUT2D eigenvalue weighted by atomic mass is 15.3. The fourth-order valence-corrected chi connectivity index (χ4v) is 2.73. The van der Waals surface area contributed by atoms with Crippen LogP contribution in [0.25, 0.3) is 0 Å². The van der Waals surface area contributed by atoms with E-state index < -0.39 is 0 Å². The largest absolute Gasteiger partial charge is 0.369 e. The molecule has 1 saturated carbocycles. The summed E-state index contributed by atoms with van der Waals surface area (Å²) in [6.07, 6.45) is 1.77. The van der Waals surface area contributed by atoms with E-state index in [-0.39, 0.29) is 0 Å². The second-order valence-corrected chi connectivity index (χ2v) is 6.25. The van der Waals surface area contributed by atoms with Crippen molar-refractivity contribution in [2.24, 2.45) is 22.6 Å². The molecule has 0 unspecified atom stereocenters. The van der Waals surface area contributed by atoms with Crippen LogP contribution in [0.4, 0.5) is 11.8 Å². The monoisotopic (exact) mass is 249 g/mol. The highest BCUT2D eigenvalue weighted by Crippen LogP contribution is 2.68. The second-order valence-electron chi connectivity index (χ2n) is 6.25. The van der Waals surface area contributed by atoms with E-state index in [0.29, 0.717) is 22.7 Å². The van der Waals surface area contributed by atoms with Gasteiger partial charge in [0, 0.05) is 18.3 Å². The molecule has 0 amide bonds. The number of nitrogen functional groups attached to an aromatic ring is 1. The second kappa shape index (κ2) is 4.09. The Morgan fingerprint density at radius 2 is 1.89 bits per heavy atom. The van der Waals surface area contributed by atoms with Crippen LogP contribution < -0.4 is 16.6 Å². The summed E-state index contributed by atoms with van der Waals surface area (Å²) in [5.74, 6) is 7.28. The van der Waals surface area contributed by atoms with E-state index in [9.17, 15) is 0 Å². The van der Waals surface area contributed by atoms with E-state index in [4.69, 9.17) is 5.84 Å². The summed E-state index contributed by atoms with van der Waals surface area (Å²) < 4.78 is 0. The number of aryl methyl sites for hydroxylation is 1. The number of nitrogens with zero attached hydrogens (tertiary/aromatic N) is 2. The third kappa shape index (κ3) is 1.92. The quantitative estimate of drug-likeness (QED) is 0.563. The SMILES string of the molecule is Cc1cnc(NN)nc1NCC1C(C)(C)C1(C)C. The lowest BCUT2D eigenvalue weighted by molar-refractivity contribution is 0.457. The third-order valence-corrected chi connectivity index (χ3v) is 4.89. The summed E-state index contributed by atoms with van der Waals surface area (Å²) in [5, 5.41) is 3.41. The molecule has 1 aromatic rings. The molecule has 1 heterocycles. The Kier molecular flexibility index (Phi) is 2.97. The maximum absolute atomic E-state index is 5.32. The van der Waals surface area contributed by atoms with Crippen LogP contribution in [0.2, 0.25) is 0 Å². The van der Waals surface area contributed by atoms with E-state index >= 15 is 0 Å². The Morgan fingerprint density at radius 1 is 1.28 bits per heavy atom. The van der Waals surface area contributed by atoms with Crippen LogP contribution in [0.5, 0.6) is 0 Å². The predicted octanol–water partition coefficient (Wildman–Crippen LogP) is 2.16. The fourth-order valence-electron chi connectivity index (χ4n) is 2.73. The van der Waals surface area contributed by atoms with E-state index in [1.807, 2.05) is 6.92 Å². The van der Waals surface area contributed by atoms with Crippen LogP contribution in [-0.4, -0.2) is 16.5 Å². The smallest absolute Gasteiger partial charge is 0.239 e. The number of hydrogen-bond donors (Lipinski definition) is 3. The van der Waals surface area contributed by atoms with Crippen LogP contribution in [0.3, 0.4) is 0 Å². The first-order valence-corrected chi connectivity index (χ1v) is 6.35. The highest BCUT2D eigenvalue weighted by molar-refractivity contribution is 5.46. The Bertz CT molecular complexity index is 439. The van der Waals surface area contributed by atoms with Crippen molar-refractivity contribution in [2.75, 3.05) is 17.3 Å². The van der Waals surface area contributed by atoms with Crippen molar-refractivity contribution in [1.29, 1.82) is 0 Å². The van der Waals surface area contributed by atoms with E-state index in [2.05, 4.69) is 48.4 Å². The first kappa shape index (κ1) is 13.1. The van der Waals surface area contributed by atoms with Gasteiger partial charge >= 0.3 is 0 Å². The normalized spacial score (nSPS) is 20.6. The van der Waals surface area contributed by atoms with Gasteiger partial charge in [0.1, 0.15) is 5.82 Å². The molecule has 0 saturated heterocycles. The maximum atomic E-state index is 5.32. The van der Waals surface area contributed by atoms with Gasteiger partial charge in [0.25, 0.3) is 0 Å². The summed E-state index contributed by atoms with van der Waals surface area (Å²) in [7, 11) is 0. The van der Waals surface area contributed by atoms with Crippen LogP contribution in [0.15, 0.2) is 6.20 Å². The Balaban J connectivity index is 2.04. The number of aromatic nitrogens is 2. The van der Waals surface area contributed by atoms with Gasteiger partial charge in [-0.15, -0.1) is 0 Å². The average Bonchev–Trinajstić information content (AvgIpc) is 2.69. The Labute approximate surface area is 109 Å². The zero-order valence-corrected chi connectivity index (χ0v) is 11.8. The number of rotatable bonds is 4. The Morgan fingerprint density at radius 3 is 2.39 bits per heavy atom. The molecule has 0 aliphatic heterocycles. The molecular formula is C13H23N5. The van der Waals surface area contributed by atoms with Gasteiger partial charge in [-0.05, 0) is 23.7 Å². The topological polar surface area (TPSA) is 75.9 Å². The fraction of sp³-hybridized carbons (Fsp3) is 0.692. The van der Waals surface area contributed by atoms with Gasteiger partial charge in [-0.1, -0.05) is 27.7 Å². The van der Waals surface area contributed by atoms with Crippen molar-refractivity contribution >= 4 is 11.8 Å². The van der Waals surface area contributed by atoms with Crippen LogP contribution in [-0.2, 0) is 0 Å². The van der Waals surface area contributed by atoms with Gasteiger partial charge in [-0.3, -0.25) is 5.43 Å². The summed E-state index contributed by atoms with van der Waals surface area (Å²) in [6.45, 7) is 12.2. The van der Waals surface area contributed by atoms with Gasteiger partial charge in [0.2, 0.25) is 5.95 Å². The van der Waals surface area contributed by atoms with Crippen molar-refractivity contribution in [2.45, 2.75) is 34.6 Å². The predicted molar refractivity (Wildman–Crippen MR) is 74.1 cm³/mol. The van der Waals surface area contributed by atoms with Crippen LogP contribution in [0, 0.1) is 23.7 Å². The minimum atomic E-state index is 0.385. The van der Waals surface area contributed by atoms with Gasteiger partial charge < -0.3 is 5.32 Å². The van der Waals surface area contributed by atoms with Crippen LogP contribution >= 0.6 is 0 Å². The molecule has 1 aliphatic rings. The van der Waals surface area contributed by atoms with Gasteiger partial charge in [0.05, 0.1) is 0 Å². The molecule has 1 aliphatic carbocycles. The van der Waals surface area contributed by atoms with Crippen molar-refractivity contribution in [3.05, 3.63) is 11.8 Å². The molecule has 1 fully saturated rings. The molecule has 18 heavy (non-hydrogen) atoms. The van der Waals surface area contributed by atoms with Crippen LogP contribution in [0.1, 0.15) is 33.3 Å². The Hall–Kier alpha value is -1.36. The molecule has 1 aromatic heterocycles. The molecule has 100 valence electrons. The maximum Gasteiger partial charge on any atom is 0.239 e. The van der Waals surface area contributed by atoms with E-state index in [1.54, 1.807) is 6.20 Å². The lowest BCUT2D eigenvalue weighted by Crippen LogP contribution is -2.14. The minimum Gasteiger partial charge on any atom is -0.369 e. The molecule has 0 spiro atoms.